The van der Waals surface area contributed by atoms with Gasteiger partial charge in [0.25, 0.3) is 0 Å². The Labute approximate surface area is 178 Å². The smallest absolute Gasteiger partial charge is 0.162 e. The Morgan fingerprint density at radius 1 is 1.13 bits per heavy atom. The van der Waals surface area contributed by atoms with Gasteiger partial charge in [-0.2, -0.15) is 0 Å². The first-order valence-corrected chi connectivity index (χ1v) is 10.9. The summed E-state index contributed by atoms with van der Waals surface area (Å²) < 4.78 is 22.2. The van der Waals surface area contributed by atoms with Crippen LogP contribution in [-0.4, -0.2) is 76.7 Å². The van der Waals surface area contributed by atoms with Crippen LogP contribution in [-0.2, 0) is 22.3 Å². The predicted molar refractivity (Wildman–Crippen MR) is 118 cm³/mol. The monoisotopic (exact) mass is 415 g/mol. The number of likely N-dealkylation sites (tertiary alicyclic amines) is 1. The van der Waals surface area contributed by atoms with Crippen molar-refractivity contribution in [3.63, 3.8) is 0 Å². The number of fused-ring (bicyclic) bond motifs is 2. The fraction of sp³-hybridized carbons (Fsp3) is 0.609. The molecule has 0 saturated carbocycles. The van der Waals surface area contributed by atoms with Crippen LogP contribution in [0.3, 0.4) is 0 Å². The molecule has 0 aliphatic carbocycles. The highest BCUT2D eigenvalue weighted by molar-refractivity contribution is 5.96. The Bertz CT molecular complexity index is 873. The molecule has 1 N–H and O–H groups in total. The van der Waals surface area contributed by atoms with Crippen molar-refractivity contribution in [2.24, 2.45) is 0 Å². The Morgan fingerprint density at radius 3 is 2.73 bits per heavy atom. The lowest BCUT2D eigenvalue weighted by Gasteiger charge is -2.34. The van der Waals surface area contributed by atoms with Gasteiger partial charge in [-0.25, -0.2) is 0 Å². The first kappa shape index (κ1) is 21.2. The predicted octanol–water partition coefficient (Wildman–Crippen LogP) is 2.89. The first-order chi connectivity index (χ1) is 14.7. The highest BCUT2D eigenvalue weighted by Crippen LogP contribution is 2.38. The third kappa shape index (κ3) is 4.48. The lowest BCUT2D eigenvalue weighted by molar-refractivity contribution is 0.131. The average Bonchev–Trinajstić information content (AvgIpc) is 3.02. The summed E-state index contributed by atoms with van der Waals surface area (Å²) in [6.45, 7) is 5.35. The van der Waals surface area contributed by atoms with Gasteiger partial charge in [0.15, 0.2) is 11.5 Å². The van der Waals surface area contributed by atoms with Crippen molar-refractivity contribution in [3.05, 3.63) is 23.4 Å². The minimum Gasteiger partial charge on any atom is -0.493 e. The molecule has 0 amide bonds. The van der Waals surface area contributed by atoms with Crippen molar-refractivity contribution >= 4 is 16.6 Å². The molecule has 3 heterocycles. The number of nitrogens with zero attached hydrogens (tertiary/aromatic N) is 2. The van der Waals surface area contributed by atoms with Crippen LogP contribution in [0.4, 0.5) is 5.69 Å². The molecule has 7 nitrogen and oxygen atoms in total. The van der Waals surface area contributed by atoms with Crippen LogP contribution in [0.5, 0.6) is 11.5 Å². The summed E-state index contributed by atoms with van der Waals surface area (Å²) in [7, 11) is 5.11. The molecule has 2 aliphatic heterocycles. The third-order valence-corrected chi connectivity index (χ3v) is 6.12. The van der Waals surface area contributed by atoms with Crippen molar-refractivity contribution in [1.82, 2.24) is 9.88 Å². The van der Waals surface area contributed by atoms with Crippen molar-refractivity contribution in [2.75, 3.05) is 66.1 Å². The number of pyridine rings is 1. The summed E-state index contributed by atoms with van der Waals surface area (Å²) in [6.07, 6.45) is 4.05. The van der Waals surface area contributed by atoms with Gasteiger partial charge in [-0.1, -0.05) is 0 Å². The standard InChI is InChI=1S/C23H33N3O4/c1-27-12-9-26-8-4-5-16(15-26)24-23-17-6-10-30-11-7-19(17)25-20-14-22(29-3)21(28-2)13-18(20)23/h13-14,16H,4-12,15H2,1-3H3,(H,24,25)/t16-/m1/s1. The lowest BCUT2D eigenvalue weighted by Crippen LogP contribution is -2.43. The Hall–Kier alpha value is -2.09. The molecule has 0 bridgehead atoms. The van der Waals surface area contributed by atoms with Gasteiger partial charge in [-0.05, 0) is 37.4 Å². The van der Waals surface area contributed by atoms with Gasteiger partial charge in [0.05, 0.1) is 39.6 Å². The van der Waals surface area contributed by atoms with Crippen LogP contribution in [0.15, 0.2) is 12.1 Å². The van der Waals surface area contributed by atoms with Crippen LogP contribution in [0.25, 0.3) is 10.9 Å². The van der Waals surface area contributed by atoms with E-state index in [9.17, 15) is 0 Å². The van der Waals surface area contributed by atoms with E-state index in [0.717, 1.165) is 74.5 Å². The normalized spacial score (nSPS) is 19.9. The number of ether oxygens (including phenoxy) is 4. The topological polar surface area (TPSA) is 65.1 Å². The van der Waals surface area contributed by atoms with Gasteiger partial charge in [0, 0.05) is 55.5 Å². The minimum absolute atomic E-state index is 0.391. The molecule has 4 rings (SSSR count). The number of piperidine rings is 1. The van der Waals surface area contributed by atoms with Crippen molar-refractivity contribution in [2.45, 2.75) is 31.7 Å². The zero-order valence-corrected chi connectivity index (χ0v) is 18.3. The van der Waals surface area contributed by atoms with E-state index in [4.69, 9.17) is 23.9 Å². The van der Waals surface area contributed by atoms with Crippen LogP contribution in [0.1, 0.15) is 24.1 Å². The summed E-state index contributed by atoms with van der Waals surface area (Å²) in [5.41, 5.74) is 4.52. The van der Waals surface area contributed by atoms with E-state index in [0.29, 0.717) is 18.4 Å². The second-order valence-electron chi connectivity index (χ2n) is 8.03. The average molecular weight is 416 g/mol. The molecule has 1 atom stereocenters. The van der Waals surface area contributed by atoms with Crippen molar-refractivity contribution in [1.29, 1.82) is 0 Å². The van der Waals surface area contributed by atoms with E-state index in [1.165, 1.54) is 17.7 Å². The molecule has 1 fully saturated rings. The molecular formula is C23H33N3O4. The quantitative estimate of drug-likeness (QED) is 0.746. The van der Waals surface area contributed by atoms with E-state index in [1.807, 2.05) is 6.07 Å². The number of methoxy groups -OCH3 is 3. The lowest BCUT2D eigenvalue weighted by atomic mass is 9.99. The maximum Gasteiger partial charge on any atom is 0.162 e. The van der Waals surface area contributed by atoms with Crippen LogP contribution >= 0.6 is 0 Å². The van der Waals surface area contributed by atoms with Crippen molar-refractivity contribution < 1.29 is 18.9 Å². The first-order valence-electron chi connectivity index (χ1n) is 10.9. The van der Waals surface area contributed by atoms with Crippen LogP contribution in [0, 0.1) is 0 Å². The molecule has 2 aliphatic rings. The minimum atomic E-state index is 0.391. The van der Waals surface area contributed by atoms with E-state index < -0.39 is 0 Å². The molecule has 2 aromatic rings. The Balaban J connectivity index is 1.73. The van der Waals surface area contributed by atoms with E-state index in [2.05, 4.69) is 16.3 Å². The molecule has 0 unspecified atom stereocenters. The van der Waals surface area contributed by atoms with E-state index in [-0.39, 0.29) is 0 Å². The van der Waals surface area contributed by atoms with Crippen LogP contribution < -0.4 is 14.8 Å². The van der Waals surface area contributed by atoms with Gasteiger partial charge >= 0.3 is 0 Å². The largest absolute Gasteiger partial charge is 0.493 e. The zero-order valence-electron chi connectivity index (χ0n) is 18.3. The molecule has 1 aromatic heterocycles. The Morgan fingerprint density at radius 2 is 1.93 bits per heavy atom. The number of hydrogen-bond acceptors (Lipinski definition) is 7. The highest BCUT2D eigenvalue weighted by atomic mass is 16.5. The molecule has 0 spiro atoms. The van der Waals surface area contributed by atoms with E-state index in [1.54, 1.807) is 21.3 Å². The van der Waals surface area contributed by atoms with Crippen molar-refractivity contribution in [3.8, 4) is 11.5 Å². The van der Waals surface area contributed by atoms with E-state index >= 15 is 0 Å². The number of nitrogens with one attached hydrogen (secondary N) is 1. The van der Waals surface area contributed by atoms with Gasteiger partial charge < -0.3 is 24.3 Å². The number of benzene rings is 1. The summed E-state index contributed by atoms with van der Waals surface area (Å²) >= 11 is 0. The second kappa shape index (κ2) is 9.81. The molecule has 0 radical (unpaired) electrons. The number of aromatic nitrogens is 1. The number of rotatable bonds is 7. The van der Waals surface area contributed by atoms with Gasteiger partial charge in [0.1, 0.15) is 0 Å². The molecule has 30 heavy (non-hydrogen) atoms. The molecule has 7 heteroatoms. The SMILES string of the molecule is COCCN1CCC[C@@H](Nc2c3c(nc4cc(OC)c(OC)cc24)CCOCC3)C1. The molecular weight excluding hydrogens is 382 g/mol. The summed E-state index contributed by atoms with van der Waals surface area (Å²) in [5.74, 6) is 1.43. The fourth-order valence-corrected chi connectivity index (χ4v) is 4.57. The third-order valence-electron chi connectivity index (χ3n) is 6.12. The maximum atomic E-state index is 5.76. The summed E-state index contributed by atoms with van der Waals surface area (Å²) in [6, 6.07) is 4.43. The highest BCUT2D eigenvalue weighted by Gasteiger charge is 2.24. The summed E-state index contributed by atoms with van der Waals surface area (Å²) in [4.78, 5) is 7.47. The van der Waals surface area contributed by atoms with Gasteiger partial charge in [0.2, 0.25) is 0 Å². The fourth-order valence-electron chi connectivity index (χ4n) is 4.57. The van der Waals surface area contributed by atoms with Crippen LogP contribution in [0.2, 0.25) is 0 Å². The molecule has 164 valence electrons. The van der Waals surface area contributed by atoms with Gasteiger partial charge in [-0.3, -0.25) is 9.88 Å². The Kier molecular flexibility index (Phi) is 6.92. The molecule has 1 aromatic carbocycles. The maximum absolute atomic E-state index is 5.76. The zero-order chi connectivity index (χ0) is 20.9. The number of anilines is 1. The van der Waals surface area contributed by atoms with Gasteiger partial charge in [-0.15, -0.1) is 0 Å². The number of hydrogen-bond donors (Lipinski definition) is 1. The molecule has 1 saturated heterocycles. The summed E-state index contributed by atoms with van der Waals surface area (Å²) in [5, 5.41) is 4.99. The second-order valence-corrected chi connectivity index (χ2v) is 8.03.